The van der Waals surface area contributed by atoms with Gasteiger partial charge in [-0.3, -0.25) is 9.59 Å². The number of carbonyl (C=O) groups excluding carboxylic acids is 2. The third kappa shape index (κ3) is 3.87. The van der Waals surface area contributed by atoms with Crippen molar-refractivity contribution >= 4 is 17.6 Å². The summed E-state index contributed by atoms with van der Waals surface area (Å²) in [5, 5.41) is 6.24. The number of aromatic nitrogens is 1. The number of hydrogen-bond donors (Lipinski definition) is 1. The zero-order valence-corrected chi connectivity index (χ0v) is 11.4. The van der Waals surface area contributed by atoms with Crippen LogP contribution in [0, 0.1) is 6.92 Å². The van der Waals surface area contributed by atoms with E-state index in [-0.39, 0.29) is 18.4 Å². The van der Waals surface area contributed by atoms with Crippen molar-refractivity contribution in [1.29, 1.82) is 0 Å². The highest BCUT2D eigenvalue weighted by molar-refractivity contribution is 5.93. The molecule has 0 aliphatic rings. The molecule has 1 N–H and O–H groups in total. The standard InChI is InChI=1S/C12H19N3O3/c1-8-6-10(14-18-8)13-11(17)7-15(9(2)16)12(3,4)5/h6H,7H2,1-5H3,(H,13,14,17). The van der Waals surface area contributed by atoms with E-state index in [1.165, 1.54) is 11.8 Å². The second kappa shape index (κ2) is 5.20. The Kier molecular flexibility index (Phi) is 4.11. The van der Waals surface area contributed by atoms with E-state index in [0.717, 1.165) is 0 Å². The summed E-state index contributed by atoms with van der Waals surface area (Å²) in [6, 6.07) is 1.62. The van der Waals surface area contributed by atoms with Gasteiger partial charge in [0.15, 0.2) is 5.82 Å². The molecule has 2 amide bonds. The zero-order valence-electron chi connectivity index (χ0n) is 11.4. The monoisotopic (exact) mass is 253 g/mol. The summed E-state index contributed by atoms with van der Waals surface area (Å²) >= 11 is 0. The number of anilines is 1. The first-order valence-electron chi connectivity index (χ1n) is 5.71. The number of nitrogens with zero attached hydrogens (tertiary/aromatic N) is 2. The topological polar surface area (TPSA) is 75.4 Å². The van der Waals surface area contributed by atoms with Crippen molar-refractivity contribution in [2.24, 2.45) is 0 Å². The van der Waals surface area contributed by atoms with E-state index < -0.39 is 5.54 Å². The highest BCUT2D eigenvalue weighted by atomic mass is 16.5. The number of aryl methyl sites for hydroxylation is 1. The summed E-state index contributed by atoms with van der Waals surface area (Å²) in [5.74, 6) is 0.530. The molecule has 1 aromatic rings. The lowest BCUT2D eigenvalue weighted by Gasteiger charge is -2.34. The van der Waals surface area contributed by atoms with Crippen LogP contribution >= 0.6 is 0 Å². The Bertz CT molecular complexity index is 446. The van der Waals surface area contributed by atoms with Crippen molar-refractivity contribution < 1.29 is 14.1 Å². The molecule has 1 heterocycles. The van der Waals surface area contributed by atoms with E-state index >= 15 is 0 Å². The first-order valence-corrected chi connectivity index (χ1v) is 5.71. The van der Waals surface area contributed by atoms with E-state index in [4.69, 9.17) is 4.52 Å². The van der Waals surface area contributed by atoms with Gasteiger partial charge >= 0.3 is 0 Å². The van der Waals surface area contributed by atoms with Crippen LogP contribution in [0.4, 0.5) is 5.82 Å². The highest BCUT2D eigenvalue weighted by Gasteiger charge is 2.26. The van der Waals surface area contributed by atoms with Crippen LogP contribution in [0.1, 0.15) is 33.5 Å². The minimum atomic E-state index is -0.400. The molecule has 0 bridgehead atoms. The first kappa shape index (κ1) is 14.2. The fourth-order valence-corrected chi connectivity index (χ4v) is 1.57. The number of carbonyl (C=O) groups is 2. The Balaban J connectivity index is 2.65. The predicted molar refractivity (Wildman–Crippen MR) is 67.0 cm³/mol. The quantitative estimate of drug-likeness (QED) is 0.887. The van der Waals surface area contributed by atoms with E-state index in [2.05, 4.69) is 10.5 Å². The molecule has 0 unspecified atom stereocenters. The van der Waals surface area contributed by atoms with Crippen LogP contribution in [0.3, 0.4) is 0 Å². The third-order valence-electron chi connectivity index (χ3n) is 2.39. The Hall–Kier alpha value is -1.85. The smallest absolute Gasteiger partial charge is 0.245 e. The SMILES string of the molecule is CC(=O)N(CC(=O)Nc1cc(C)on1)C(C)(C)C. The molecule has 0 saturated heterocycles. The first-order chi connectivity index (χ1) is 8.20. The van der Waals surface area contributed by atoms with Crippen LogP contribution in [0.2, 0.25) is 0 Å². The maximum Gasteiger partial charge on any atom is 0.245 e. The lowest BCUT2D eigenvalue weighted by atomic mass is 10.1. The molecule has 0 aliphatic heterocycles. The van der Waals surface area contributed by atoms with Gasteiger partial charge in [0, 0.05) is 18.5 Å². The Morgan fingerprint density at radius 1 is 1.44 bits per heavy atom. The van der Waals surface area contributed by atoms with E-state index in [1.807, 2.05) is 20.8 Å². The Labute approximate surface area is 106 Å². The van der Waals surface area contributed by atoms with Crippen LogP contribution in [0.25, 0.3) is 0 Å². The summed E-state index contributed by atoms with van der Waals surface area (Å²) in [4.78, 5) is 24.8. The molecule has 0 aliphatic carbocycles. The van der Waals surface area contributed by atoms with Crippen LogP contribution in [0.5, 0.6) is 0 Å². The van der Waals surface area contributed by atoms with Crippen molar-refractivity contribution in [1.82, 2.24) is 10.1 Å². The van der Waals surface area contributed by atoms with Gasteiger partial charge in [-0.2, -0.15) is 0 Å². The van der Waals surface area contributed by atoms with Gasteiger partial charge in [0.2, 0.25) is 11.8 Å². The number of amides is 2. The van der Waals surface area contributed by atoms with Crippen molar-refractivity contribution in [3.05, 3.63) is 11.8 Å². The largest absolute Gasteiger partial charge is 0.360 e. The number of rotatable bonds is 3. The minimum absolute atomic E-state index is 0.00919. The van der Waals surface area contributed by atoms with Gasteiger partial charge in [-0.05, 0) is 27.7 Å². The molecule has 0 spiro atoms. The van der Waals surface area contributed by atoms with Crippen LogP contribution in [0.15, 0.2) is 10.6 Å². The Morgan fingerprint density at radius 2 is 2.06 bits per heavy atom. The van der Waals surface area contributed by atoms with E-state index in [1.54, 1.807) is 13.0 Å². The summed E-state index contributed by atoms with van der Waals surface area (Å²) in [6.45, 7) is 8.80. The minimum Gasteiger partial charge on any atom is -0.360 e. The summed E-state index contributed by atoms with van der Waals surface area (Å²) in [7, 11) is 0. The number of hydrogen-bond acceptors (Lipinski definition) is 4. The average Bonchev–Trinajstić information content (AvgIpc) is 2.58. The van der Waals surface area contributed by atoms with Crippen molar-refractivity contribution in [2.45, 2.75) is 40.2 Å². The summed E-state index contributed by atoms with van der Waals surface area (Å²) in [6.07, 6.45) is 0. The van der Waals surface area contributed by atoms with E-state index in [0.29, 0.717) is 11.6 Å². The van der Waals surface area contributed by atoms with Crippen LogP contribution in [-0.4, -0.2) is 34.0 Å². The van der Waals surface area contributed by atoms with E-state index in [9.17, 15) is 9.59 Å². The van der Waals surface area contributed by atoms with Crippen molar-refractivity contribution in [2.75, 3.05) is 11.9 Å². The van der Waals surface area contributed by atoms with Gasteiger partial charge in [0.05, 0.1) is 0 Å². The molecule has 1 rings (SSSR count). The molecule has 100 valence electrons. The molecule has 0 radical (unpaired) electrons. The normalized spacial score (nSPS) is 11.2. The fraction of sp³-hybridized carbons (Fsp3) is 0.583. The molecule has 0 saturated carbocycles. The predicted octanol–water partition coefficient (Wildman–Crippen LogP) is 1.57. The van der Waals surface area contributed by atoms with Crippen LogP contribution < -0.4 is 5.32 Å². The molecule has 1 aromatic heterocycles. The molecular formula is C12H19N3O3. The van der Waals surface area contributed by atoms with Gasteiger partial charge in [-0.25, -0.2) is 0 Å². The second-order valence-corrected chi connectivity index (χ2v) is 5.15. The lowest BCUT2D eigenvalue weighted by Crippen LogP contribution is -2.48. The second-order valence-electron chi connectivity index (χ2n) is 5.15. The molecule has 0 aromatic carbocycles. The van der Waals surface area contributed by atoms with Crippen LogP contribution in [-0.2, 0) is 9.59 Å². The molecule has 6 heteroatoms. The summed E-state index contributed by atoms with van der Waals surface area (Å²) < 4.78 is 4.84. The van der Waals surface area contributed by atoms with Gasteiger partial charge in [-0.15, -0.1) is 0 Å². The van der Waals surface area contributed by atoms with Gasteiger partial charge in [0.1, 0.15) is 12.3 Å². The fourth-order valence-electron chi connectivity index (χ4n) is 1.57. The number of nitrogens with one attached hydrogen (secondary N) is 1. The Morgan fingerprint density at radius 3 is 2.44 bits per heavy atom. The van der Waals surface area contributed by atoms with Crippen molar-refractivity contribution in [3.8, 4) is 0 Å². The van der Waals surface area contributed by atoms with Gasteiger partial charge in [0.25, 0.3) is 0 Å². The lowest BCUT2D eigenvalue weighted by molar-refractivity contribution is -0.137. The average molecular weight is 253 g/mol. The highest BCUT2D eigenvalue weighted by Crippen LogP contribution is 2.14. The maximum atomic E-state index is 11.8. The molecular weight excluding hydrogens is 234 g/mol. The maximum absolute atomic E-state index is 11.8. The summed E-state index contributed by atoms with van der Waals surface area (Å²) in [5.41, 5.74) is -0.400. The molecule has 18 heavy (non-hydrogen) atoms. The van der Waals surface area contributed by atoms with Gasteiger partial charge < -0.3 is 14.7 Å². The molecule has 0 atom stereocenters. The molecule has 6 nitrogen and oxygen atoms in total. The third-order valence-corrected chi connectivity index (χ3v) is 2.39. The van der Waals surface area contributed by atoms with Crippen molar-refractivity contribution in [3.63, 3.8) is 0 Å². The molecule has 0 fully saturated rings. The van der Waals surface area contributed by atoms with Gasteiger partial charge in [-0.1, -0.05) is 5.16 Å². The zero-order chi connectivity index (χ0) is 13.9.